The Hall–Kier alpha value is -2.38. The molecule has 110 valence electrons. The molecule has 0 aliphatic carbocycles. The van der Waals surface area contributed by atoms with E-state index < -0.39 is 7.29 Å². The van der Waals surface area contributed by atoms with Crippen LogP contribution in [0.5, 0.6) is 0 Å². The van der Waals surface area contributed by atoms with E-state index in [0.29, 0.717) is 0 Å². The third-order valence-electron chi connectivity index (χ3n) is 3.46. The van der Waals surface area contributed by atoms with Gasteiger partial charge < -0.3 is 0 Å². The van der Waals surface area contributed by atoms with Crippen LogP contribution in [-0.4, -0.2) is 0 Å². The molecule has 1 aromatic heterocycles. The fourth-order valence-electron chi connectivity index (χ4n) is 2.37. The molecule has 0 aliphatic heterocycles. The Morgan fingerprint density at radius 3 is 1.82 bits per heavy atom. The standard InChI is InChI=1S/C18H17N2OP/c1-15-9-8-14-18(19-15)20-22(21,16-10-4-2-5-11-16)17-12-6-3-7-13-17/h2-14H,1H3,(H,19,20,21)/p+1. The van der Waals surface area contributed by atoms with Gasteiger partial charge in [-0.2, -0.15) is 0 Å². The molecule has 3 rings (SSSR count). The first-order chi connectivity index (χ1) is 10.7. The molecule has 2 N–H and O–H groups in total. The van der Waals surface area contributed by atoms with E-state index in [9.17, 15) is 4.57 Å². The summed E-state index contributed by atoms with van der Waals surface area (Å²) < 4.78 is 13.8. The fraction of sp³-hybridized carbons (Fsp3) is 0.0556. The van der Waals surface area contributed by atoms with Gasteiger partial charge in [0.15, 0.2) is 0 Å². The van der Waals surface area contributed by atoms with Gasteiger partial charge in [-0.25, -0.2) is 10.1 Å². The van der Waals surface area contributed by atoms with Crippen molar-refractivity contribution in [2.75, 3.05) is 5.09 Å². The Morgan fingerprint density at radius 2 is 1.32 bits per heavy atom. The minimum atomic E-state index is -2.95. The number of nitrogens with one attached hydrogen (secondary N) is 2. The molecule has 0 bridgehead atoms. The zero-order valence-electron chi connectivity index (χ0n) is 12.4. The van der Waals surface area contributed by atoms with Crippen LogP contribution in [0.1, 0.15) is 5.69 Å². The van der Waals surface area contributed by atoms with E-state index in [2.05, 4.69) is 10.1 Å². The Morgan fingerprint density at radius 1 is 0.773 bits per heavy atom. The first-order valence-corrected chi connectivity index (χ1v) is 8.88. The predicted octanol–water partition coefficient (Wildman–Crippen LogP) is 3.15. The van der Waals surface area contributed by atoms with E-state index in [0.717, 1.165) is 22.1 Å². The van der Waals surface area contributed by atoms with Crippen molar-refractivity contribution in [1.29, 1.82) is 0 Å². The number of H-pyrrole nitrogens is 1. The van der Waals surface area contributed by atoms with Crippen molar-refractivity contribution in [2.24, 2.45) is 0 Å². The van der Waals surface area contributed by atoms with Gasteiger partial charge in [-0.3, -0.25) is 4.57 Å². The molecule has 0 spiro atoms. The highest BCUT2D eigenvalue weighted by atomic mass is 31.2. The molecule has 0 atom stereocenters. The first-order valence-electron chi connectivity index (χ1n) is 7.17. The summed E-state index contributed by atoms with van der Waals surface area (Å²) in [7, 11) is -2.95. The molecule has 0 aliphatic rings. The van der Waals surface area contributed by atoms with Crippen LogP contribution < -0.4 is 20.7 Å². The van der Waals surface area contributed by atoms with Gasteiger partial charge in [-0.05, 0) is 37.3 Å². The molecule has 3 aromatic rings. The van der Waals surface area contributed by atoms with Gasteiger partial charge >= 0.3 is 7.29 Å². The van der Waals surface area contributed by atoms with Crippen molar-refractivity contribution in [3.8, 4) is 0 Å². The highest BCUT2D eigenvalue weighted by molar-refractivity contribution is 7.80. The second-order valence-corrected chi connectivity index (χ2v) is 7.61. The molecular weight excluding hydrogens is 291 g/mol. The molecule has 1 heterocycles. The molecule has 0 saturated heterocycles. The Kier molecular flexibility index (Phi) is 4.08. The number of pyridine rings is 1. The average molecular weight is 309 g/mol. The third kappa shape index (κ3) is 2.95. The normalized spacial score (nSPS) is 11.1. The first kappa shape index (κ1) is 14.6. The molecule has 22 heavy (non-hydrogen) atoms. The Balaban J connectivity index is 2.10. The summed E-state index contributed by atoms with van der Waals surface area (Å²) in [4.78, 5) is 3.22. The van der Waals surface area contributed by atoms with Gasteiger partial charge in [0.2, 0.25) is 0 Å². The topological polar surface area (TPSA) is 43.2 Å². The predicted molar refractivity (Wildman–Crippen MR) is 91.1 cm³/mol. The van der Waals surface area contributed by atoms with Crippen molar-refractivity contribution < 1.29 is 9.55 Å². The van der Waals surface area contributed by atoms with Crippen LogP contribution in [0.4, 0.5) is 5.82 Å². The van der Waals surface area contributed by atoms with Crippen LogP contribution in [0.2, 0.25) is 0 Å². The number of aromatic nitrogens is 1. The van der Waals surface area contributed by atoms with Gasteiger partial charge in [0.1, 0.15) is 0 Å². The lowest BCUT2D eigenvalue weighted by Crippen LogP contribution is -2.25. The second-order valence-electron chi connectivity index (χ2n) is 5.14. The van der Waals surface area contributed by atoms with Crippen molar-refractivity contribution in [1.82, 2.24) is 0 Å². The van der Waals surface area contributed by atoms with Gasteiger partial charge in [-0.15, -0.1) is 0 Å². The largest absolute Gasteiger partial charge is 0.302 e. The number of anilines is 1. The van der Waals surface area contributed by atoms with Gasteiger partial charge in [-0.1, -0.05) is 42.5 Å². The summed E-state index contributed by atoms with van der Waals surface area (Å²) in [5, 5.41) is 4.80. The van der Waals surface area contributed by atoms with Crippen molar-refractivity contribution in [3.63, 3.8) is 0 Å². The number of aromatic amines is 1. The summed E-state index contributed by atoms with van der Waals surface area (Å²) >= 11 is 0. The van der Waals surface area contributed by atoms with E-state index in [-0.39, 0.29) is 0 Å². The van der Waals surface area contributed by atoms with Crippen LogP contribution in [0.3, 0.4) is 0 Å². The van der Waals surface area contributed by atoms with Crippen molar-refractivity contribution in [3.05, 3.63) is 84.6 Å². The quantitative estimate of drug-likeness (QED) is 0.752. The minimum absolute atomic E-state index is 0.746. The summed E-state index contributed by atoms with van der Waals surface area (Å²) in [5.74, 6) is 0.746. The molecule has 2 aromatic carbocycles. The van der Waals surface area contributed by atoms with Gasteiger partial charge in [0.25, 0.3) is 5.82 Å². The molecule has 0 amide bonds. The smallest absolute Gasteiger partial charge is 0.264 e. The van der Waals surface area contributed by atoms with E-state index in [1.165, 1.54) is 0 Å². The summed E-state index contributed by atoms with van der Waals surface area (Å²) in [6.07, 6.45) is 0. The lowest BCUT2D eigenvalue weighted by Gasteiger charge is -2.16. The zero-order valence-corrected chi connectivity index (χ0v) is 13.3. The van der Waals surface area contributed by atoms with E-state index in [1.807, 2.05) is 85.8 Å². The van der Waals surface area contributed by atoms with Gasteiger partial charge in [0, 0.05) is 6.07 Å². The molecule has 0 fully saturated rings. The lowest BCUT2D eigenvalue weighted by atomic mass is 10.4. The summed E-state index contributed by atoms with van der Waals surface area (Å²) in [6, 6.07) is 24.9. The zero-order chi connectivity index (χ0) is 15.4. The molecule has 0 unspecified atom stereocenters. The molecule has 3 nitrogen and oxygen atoms in total. The van der Waals surface area contributed by atoms with Crippen LogP contribution in [0.15, 0.2) is 78.9 Å². The Bertz CT molecular complexity index is 760. The van der Waals surface area contributed by atoms with Gasteiger partial charge in [0.05, 0.1) is 16.3 Å². The van der Waals surface area contributed by atoms with E-state index in [4.69, 9.17) is 0 Å². The number of hydrogen-bond donors (Lipinski definition) is 1. The van der Waals surface area contributed by atoms with E-state index >= 15 is 0 Å². The number of rotatable bonds is 4. The van der Waals surface area contributed by atoms with Crippen molar-refractivity contribution >= 4 is 23.7 Å². The van der Waals surface area contributed by atoms with Crippen LogP contribution >= 0.6 is 7.29 Å². The molecule has 0 radical (unpaired) electrons. The summed E-state index contributed by atoms with van der Waals surface area (Å²) in [6.45, 7) is 1.97. The SMILES string of the molecule is Cc1cccc(NP(=O)(c2ccccc2)c2ccccc2)[nH+]1. The monoisotopic (exact) mass is 309 g/mol. The Labute approximate surface area is 130 Å². The average Bonchev–Trinajstić information content (AvgIpc) is 2.56. The van der Waals surface area contributed by atoms with Crippen LogP contribution in [-0.2, 0) is 4.57 Å². The molecular formula is C18H18N2OP+. The number of hydrogen-bond acceptors (Lipinski definition) is 1. The third-order valence-corrected chi connectivity index (χ3v) is 6.06. The van der Waals surface area contributed by atoms with Crippen LogP contribution in [0, 0.1) is 6.92 Å². The van der Waals surface area contributed by atoms with Crippen molar-refractivity contribution in [2.45, 2.75) is 6.92 Å². The van der Waals surface area contributed by atoms with E-state index in [1.54, 1.807) is 0 Å². The molecule has 4 heteroatoms. The maximum Gasteiger partial charge on any atom is 0.302 e. The fourth-order valence-corrected chi connectivity index (χ4v) is 4.58. The minimum Gasteiger partial charge on any atom is -0.264 e. The molecule has 0 saturated carbocycles. The maximum atomic E-state index is 13.8. The lowest BCUT2D eigenvalue weighted by molar-refractivity contribution is -0.370. The number of aryl methyl sites for hydroxylation is 1. The number of benzene rings is 2. The van der Waals surface area contributed by atoms with Crippen LogP contribution in [0.25, 0.3) is 0 Å². The summed E-state index contributed by atoms with van der Waals surface area (Å²) in [5.41, 5.74) is 1.01. The second kappa shape index (κ2) is 6.17. The maximum absolute atomic E-state index is 13.8. The highest BCUT2D eigenvalue weighted by Crippen LogP contribution is 2.42. The highest BCUT2D eigenvalue weighted by Gasteiger charge is 2.32.